The lowest BCUT2D eigenvalue weighted by atomic mass is 9.94. The first-order valence-electron chi connectivity index (χ1n) is 12.0. The number of rotatable bonds is 7. The molecule has 0 bridgehead atoms. The van der Waals surface area contributed by atoms with E-state index in [1.54, 1.807) is 32.0 Å². The SMILES string of the molecule is COC(=O)c1[nH]c(C)c(/C(O)=C2\C(=O)C(=O)N(CCCN3CCOCC3)C2c2ccc(Cl)c(Cl)c2)c1C. The fourth-order valence-corrected chi connectivity index (χ4v) is 5.28. The number of aliphatic hydroxyl groups excluding tert-OH is 1. The van der Waals surface area contributed by atoms with E-state index in [0.717, 1.165) is 19.6 Å². The third-order valence-electron chi connectivity index (χ3n) is 6.84. The van der Waals surface area contributed by atoms with Crippen molar-refractivity contribution < 1.29 is 29.0 Å². The van der Waals surface area contributed by atoms with Crippen LogP contribution in [0.4, 0.5) is 0 Å². The molecule has 0 spiro atoms. The van der Waals surface area contributed by atoms with Gasteiger partial charge in [0.1, 0.15) is 11.5 Å². The van der Waals surface area contributed by atoms with E-state index in [0.29, 0.717) is 48.0 Å². The second-order valence-corrected chi connectivity index (χ2v) is 9.90. The van der Waals surface area contributed by atoms with Crippen LogP contribution < -0.4 is 0 Å². The van der Waals surface area contributed by atoms with E-state index in [4.69, 9.17) is 32.7 Å². The summed E-state index contributed by atoms with van der Waals surface area (Å²) in [5.41, 5.74) is 1.77. The summed E-state index contributed by atoms with van der Waals surface area (Å²) in [7, 11) is 1.25. The lowest BCUT2D eigenvalue weighted by Crippen LogP contribution is -2.38. The Morgan fingerprint density at radius 2 is 1.86 bits per heavy atom. The van der Waals surface area contributed by atoms with Crippen LogP contribution in [0.1, 0.15) is 45.3 Å². The predicted octanol–water partition coefficient (Wildman–Crippen LogP) is 3.87. The van der Waals surface area contributed by atoms with Crippen LogP contribution in [0, 0.1) is 13.8 Å². The topological polar surface area (TPSA) is 112 Å². The van der Waals surface area contributed by atoms with Crippen LogP contribution in [-0.2, 0) is 19.1 Å². The number of benzene rings is 1. The average Bonchev–Trinajstić information content (AvgIpc) is 3.32. The average molecular weight is 550 g/mol. The number of aromatic nitrogens is 1. The van der Waals surface area contributed by atoms with Gasteiger partial charge in [-0.15, -0.1) is 0 Å². The second kappa shape index (κ2) is 11.3. The van der Waals surface area contributed by atoms with Gasteiger partial charge in [0.25, 0.3) is 11.7 Å². The van der Waals surface area contributed by atoms with Gasteiger partial charge in [-0.1, -0.05) is 29.3 Å². The lowest BCUT2D eigenvalue weighted by molar-refractivity contribution is -0.140. The highest BCUT2D eigenvalue weighted by Gasteiger charge is 2.46. The molecule has 1 aromatic heterocycles. The van der Waals surface area contributed by atoms with Crippen molar-refractivity contribution in [3.63, 3.8) is 0 Å². The third-order valence-corrected chi connectivity index (χ3v) is 7.58. The number of amides is 1. The number of nitrogens with zero attached hydrogens (tertiary/aromatic N) is 2. The number of carbonyl (C=O) groups excluding carboxylic acids is 3. The number of hydrogen-bond donors (Lipinski definition) is 2. The quantitative estimate of drug-likeness (QED) is 0.233. The number of Topliss-reactive ketones (excluding diaryl/α,β-unsaturated/α-hetero) is 1. The third kappa shape index (κ3) is 5.27. The van der Waals surface area contributed by atoms with Crippen molar-refractivity contribution in [2.24, 2.45) is 0 Å². The van der Waals surface area contributed by atoms with E-state index < -0.39 is 23.7 Å². The van der Waals surface area contributed by atoms with Gasteiger partial charge in [0.2, 0.25) is 0 Å². The van der Waals surface area contributed by atoms with Gasteiger partial charge in [0.15, 0.2) is 0 Å². The zero-order chi connectivity index (χ0) is 26.9. The molecule has 2 fully saturated rings. The zero-order valence-corrected chi connectivity index (χ0v) is 22.4. The molecule has 2 N–H and O–H groups in total. The van der Waals surface area contributed by atoms with E-state index in [1.807, 2.05) is 0 Å². The molecule has 2 aromatic rings. The molecule has 11 heteroatoms. The molecule has 1 unspecified atom stereocenters. The molecule has 0 aliphatic carbocycles. The summed E-state index contributed by atoms with van der Waals surface area (Å²) in [5, 5.41) is 12.1. The van der Waals surface area contributed by atoms with Crippen molar-refractivity contribution in [1.82, 2.24) is 14.8 Å². The minimum Gasteiger partial charge on any atom is -0.507 e. The van der Waals surface area contributed by atoms with Gasteiger partial charge in [0.05, 0.1) is 42.0 Å². The normalized spacial score (nSPS) is 20.0. The van der Waals surface area contributed by atoms with E-state index >= 15 is 0 Å². The molecule has 3 heterocycles. The minimum atomic E-state index is -0.880. The summed E-state index contributed by atoms with van der Waals surface area (Å²) in [6, 6.07) is 3.99. The number of H-pyrrole nitrogens is 1. The van der Waals surface area contributed by atoms with Crippen LogP contribution in [0.25, 0.3) is 5.76 Å². The fourth-order valence-electron chi connectivity index (χ4n) is 4.98. The van der Waals surface area contributed by atoms with Gasteiger partial charge in [0, 0.05) is 37.4 Å². The number of likely N-dealkylation sites (tertiary alicyclic amines) is 1. The molecule has 37 heavy (non-hydrogen) atoms. The highest BCUT2D eigenvalue weighted by atomic mass is 35.5. The molecule has 1 amide bonds. The second-order valence-electron chi connectivity index (χ2n) is 9.09. The van der Waals surface area contributed by atoms with E-state index in [9.17, 15) is 19.5 Å². The first-order valence-corrected chi connectivity index (χ1v) is 12.7. The number of hydrogen-bond acceptors (Lipinski definition) is 7. The number of methoxy groups -OCH3 is 1. The van der Waals surface area contributed by atoms with Crippen molar-refractivity contribution in [1.29, 1.82) is 0 Å². The smallest absolute Gasteiger partial charge is 0.354 e. The summed E-state index contributed by atoms with van der Waals surface area (Å²) < 4.78 is 10.2. The molecular weight excluding hydrogens is 521 g/mol. The summed E-state index contributed by atoms with van der Waals surface area (Å²) >= 11 is 12.4. The fraction of sp³-hybridized carbons (Fsp3) is 0.423. The molecule has 2 aliphatic heterocycles. The number of esters is 1. The van der Waals surface area contributed by atoms with Gasteiger partial charge in [-0.25, -0.2) is 4.79 Å². The van der Waals surface area contributed by atoms with Gasteiger partial charge < -0.3 is 24.5 Å². The van der Waals surface area contributed by atoms with Crippen LogP contribution >= 0.6 is 23.2 Å². The number of aliphatic hydroxyl groups is 1. The number of nitrogens with one attached hydrogen (secondary N) is 1. The molecule has 2 saturated heterocycles. The number of aromatic amines is 1. The number of aryl methyl sites for hydroxylation is 1. The van der Waals surface area contributed by atoms with Crippen molar-refractivity contribution in [2.75, 3.05) is 46.5 Å². The van der Waals surface area contributed by atoms with Crippen LogP contribution in [0.15, 0.2) is 23.8 Å². The Morgan fingerprint density at radius 1 is 1.16 bits per heavy atom. The molecule has 198 valence electrons. The number of halogens is 2. The summed E-state index contributed by atoms with van der Waals surface area (Å²) in [6.45, 7) is 7.28. The lowest BCUT2D eigenvalue weighted by Gasteiger charge is -2.29. The Bertz CT molecular complexity index is 1270. The van der Waals surface area contributed by atoms with Crippen LogP contribution in [0.2, 0.25) is 10.0 Å². The van der Waals surface area contributed by atoms with Gasteiger partial charge in [-0.3, -0.25) is 14.5 Å². The molecule has 1 atom stereocenters. The van der Waals surface area contributed by atoms with Gasteiger partial charge >= 0.3 is 5.97 Å². The molecule has 0 radical (unpaired) electrons. The van der Waals surface area contributed by atoms with Crippen molar-refractivity contribution in [2.45, 2.75) is 26.3 Å². The van der Waals surface area contributed by atoms with Crippen molar-refractivity contribution in [3.05, 3.63) is 61.9 Å². The first kappa shape index (κ1) is 27.2. The van der Waals surface area contributed by atoms with E-state index in [-0.39, 0.29) is 27.6 Å². The number of ether oxygens (including phenoxy) is 2. The molecule has 0 saturated carbocycles. The molecule has 9 nitrogen and oxygen atoms in total. The number of morpholine rings is 1. The van der Waals surface area contributed by atoms with Gasteiger partial charge in [-0.2, -0.15) is 0 Å². The highest BCUT2D eigenvalue weighted by molar-refractivity contribution is 6.47. The number of ketones is 1. The maximum Gasteiger partial charge on any atom is 0.354 e. The van der Waals surface area contributed by atoms with E-state index in [2.05, 4.69) is 9.88 Å². The van der Waals surface area contributed by atoms with E-state index in [1.165, 1.54) is 12.0 Å². The minimum absolute atomic E-state index is 0.0728. The number of carbonyl (C=O) groups is 3. The highest BCUT2D eigenvalue weighted by Crippen LogP contribution is 2.42. The van der Waals surface area contributed by atoms with Crippen LogP contribution in [0.5, 0.6) is 0 Å². The molecule has 2 aliphatic rings. The monoisotopic (exact) mass is 549 g/mol. The zero-order valence-electron chi connectivity index (χ0n) is 20.9. The Hall–Kier alpha value is -2.85. The van der Waals surface area contributed by atoms with Crippen LogP contribution in [-0.4, -0.2) is 84.1 Å². The summed E-state index contributed by atoms with van der Waals surface area (Å²) in [4.78, 5) is 45.4. The standard InChI is InChI=1S/C26H29Cl2N3O6/c1-14-19(15(2)29-21(14)26(35)36-3)23(32)20-22(16-5-6-17(27)18(28)13-16)31(25(34)24(20)33)8-4-7-30-9-11-37-12-10-30/h5-6,13,22,29,32H,4,7-12H2,1-3H3/b23-20+. The van der Waals surface area contributed by atoms with Crippen molar-refractivity contribution in [3.8, 4) is 0 Å². The molecule has 4 rings (SSSR count). The molecule has 1 aromatic carbocycles. The first-order chi connectivity index (χ1) is 17.6. The van der Waals surface area contributed by atoms with Crippen molar-refractivity contribution >= 4 is 46.6 Å². The Morgan fingerprint density at radius 3 is 2.51 bits per heavy atom. The summed E-state index contributed by atoms with van der Waals surface area (Å²) in [6.07, 6.45) is 0.625. The molecular formula is C26H29Cl2N3O6. The maximum absolute atomic E-state index is 13.4. The predicted molar refractivity (Wildman–Crippen MR) is 139 cm³/mol. The Kier molecular flexibility index (Phi) is 8.28. The van der Waals surface area contributed by atoms with Crippen LogP contribution in [0.3, 0.4) is 0 Å². The Labute approximate surface area is 224 Å². The van der Waals surface area contributed by atoms with Gasteiger partial charge in [-0.05, 0) is 43.5 Å². The largest absolute Gasteiger partial charge is 0.507 e. The summed E-state index contributed by atoms with van der Waals surface area (Å²) in [5.74, 6) is -2.49. The maximum atomic E-state index is 13.4. The Balaban J connectivity index is 1.77.